The molecule has 0 atom stereocenters. The molecule has 1 aliphatic rings. The molecule has 0 radical (unpaired) electrons. The summed E-state index contributed by atoms with van der Waals surface area (Å²) in [5.41, 5.74) is 0.921. The molecule has 5 heteroatoms. The van der Waals surface area contributed by atoms with Crippen molar-refractivity contribution in [2.24, 2.45) is 5.92 Å². The summed E-state index contributed by atoms with van der Waals surface area (Å²) in [5.74, 6) is 0.924. The van der Waals surface area contributed by atoms with Gasteiger partial charge in [0.15, 0.2) is 9.84 Å². The SMILES string of the molecule is CCS(=O)(=O)c1ccc(NCCOCC2CC2)cc1. The molecule has 0 spiro atoms. The highest BCUT2D eigenvalue weighted by molar-refractivity contribution is 7.91. The molecular weight excluding hydrogens is 262 g/mol. The van der Waals surface area contributed by atoms with Crippen LogP contribution in [0.15, 0.2) is 29.2 Å². The van der Waals surface area contributed by atoms with Gasteiger partial charge in [-0.1, -0.05) is 6.92 Å². The number of sulfone groups is 1. The van der Waals surface area contributed by atoms with Crippen molar-refractivity contribution < 1.29 is 13.2 Å². The average molecular weight is 283 g/mol. The minimum Gasteiger partial charge on any atom is -0.383 e. The predicted octanol–water partition coefficient (Wildman–Crippen LogP) is 2.32. The predicted molar refractivity (Wildman–Crippen MR) is 76.2 cm³/mol. The molecule has 0 bridgehead atoms. The van der Waals surface area contributed by atoms with Crippen molar-refractivity contribution >= 4 is 15.5 Å². The Labute approximate surface area is 115 Å². The average Bonchev–Trinajstić information content (AvgIpc) is 3.23. The molecule has 1 saturated carbocycles. The van der Waals surface area contributed by atoms with Crippen molar-refractivity contribution in [3.05, 3.63) is 24.3 Å². The normalized spacial score (nSPS) is 15.4. The van der Waals surface area contributed by atoms with Crippen LogP contribution in [0.4, 0.5) is 5.69 Å². The zero-order valence-electron chi connectivity index (χ0n) is 11.3. The molecule has 1 N–H and O–H groups in total. The summed E-state index contributed by atoms with van der Waals surface area (Å²) in [4.78, 5) is 0.380. The first-order valence-corrected chi connectivity index (χ1v) is 8.41. The molecule has 1 aromatic carbocycles. The van der Waals surface area contributed by atoms with Gasteiger partial charge in [-0.15, -0.1) is 0 Å². The first kappa shape index (κ1) is 14.3. The third-order valence-corrected chi connectivity index (χ3v) is 4.97. The molecule has 4 nitrogen and oxygen atoms in total. The van der Waals surface area contributed by atoms with Crippen LogP contribution in [0.25, 0.3) is 0 Å². The second kappa shape index (κ2) is 6.39. The van der Waals surface area contributed by atoms with E-state index in [1.807, 2.05) is 0 Å². The largest absolute Gasteiger partial charge is 0.383 e. The molecule has 0 amide bonds. The number of nitrogens with one attached hydrogen (secondary N) is 1. The van der Waals surface area contributed by atoms with Crippen LogP contribution in [0, 0.1) is 5.92 Å². The summed E-state index contributed by atoms with van der Waals surface area (Å²) in [6, 6.07) is 6.88. The van der Waals surface area contributed by atoms with Crippen molar-refractivity contribution in [1.29, 1.82) is 0 Å². The maximum absolute atomic E-state index is 11.6. The molecule has 2 rings (SSSR count). The molecule has 1 aromatic rings. The Bertz CT molecular complexity index is 492. The molecule has 0 heterocycles. The van der Waals surface area contributed by atoms with Gasteiger partial charge in [0, 0.05) is 18.8 Å². The van der Waals surface area contributed by atoms with E-state index in [9.17, 15) is 8.42 Å². The lowest BCUT2D eigenvalue weighted by Gasteiger charge is -2.08. The Morgan fingerprint density at radius 1 is 1.26 bits per heavy atom. The Morgan fingerprint density at radius 3 is 2.53 bits per heavy atom. The summed E-state index contributed by atoms with van der Waals surface area (Å²) >= 11 is 0. The fourth-order valence-electron chi connectivity index (χ4n) is 1.75. The monoisotopic (exact) mass is 283 g/mol. The third-order valence-electron chi connectivity index (χ3n) is 3.22. The Kier molecular flexibility index (Phi) is 4.82. The molecule has 0 aromatic heterocycles. The van der Waals surface area contributed by atoms with Crippen molar-refractivity contribution in [2.75, 3.05) is 30.8 Å². The first-order valence-electron chi connectivity index (χ1n) is 6.76. The highest BCUT2D eigenvalue weighted by Crippen LogP contribution is 2.28. The highest BCUT2D eigenvalue weighted by Gasteiger charge is 2.20. The molecule has 0 unspecified atom stereocenters. The number of hydrogen-bond acceptors (Lipinski definition) is 4. The third kappa shape index (κ3) is 4.51. The second-order valence-electron chi connectivity index (χ2n) is 4.87. The number of benzene rings is 1. The maximum atomic E-state index is 11.6. The van der Waals surface area contributed by atoms with E-state index in [0.29, 0.717) is 11.5 Å². The zero-order valence-corrected chi connectivity index (χ0v) is 12.1. The lowest BCUT2D eigenvalue weighted by Crippen LogP contribution is -2.10. The van der Waals surface area contributed by atoms with Crippen LogP contribution >= 0.6 is 0 Å². The van der Waals surface area contributed by atoms with Crippen molar-refractivity contribution in [2.45, 2.75) is 24.7 Å². The summed E-state index contributed by atoms with van der Waals surface area (Å²) in [6.45, 7) is 3.95. The Balaban J connectivity index is 1.74. The van der Waals surface area contributed by atoms with Gasteiger partial charge in [-0.2, -0.15) is 0 Å². The minimum absolute atomic E-state index is 0.134. The van der Waals surface area contributed by atoms with Gasteiger partial charge >= 0.3 is 0 Å². The van der Waals surface area contributed by atoms with Gasteiger partial charge in [-0.3, -0.25) is 0 Å². The standard InChI is InChI=1S/C14H21NO3S/c1-2-19(16,17)14-7-5-13(6-8-14)15-9-10-18-11-12-3-4-12/h5-8,12,15H,2-4,9-11H2,1H3. The summed E-state index contributed by atoms with van der Waals surface area (Å²) < 4.78 is 28.8. The van der Waals surface area contributed by atoms with Crippen molar-refractivity contribution in [3.8, 4) is 0 Å². The van der Waals surface area contributed by atoms with E-state index < -0.39 is 9.84 Å². The van der Waals surface area contributed by atoms with Gasteiger partial charge in [0.05, 0.1) is 17.3 Å². The highest BCUT2D eigenvalue weighted by atomic mass is 32.2. The Hall–Kier alpha value is -1.07. The molecule has 1 fully saturated rings. The zero-order chi connectivity index (χ0) is 13.7. The van der Waals surface area contributed by atoms with Crippen LogP contribution in [-0.4, -0.2) is 33.9 Å². The topological polar surface area (TPSA) is 55.4 Å². The molecule has 106 valence electrons. The first-order chi connectivity index (χ1) is 9.12. The summed E-state index contributed by atoms with van der Waals surface area (Å²) in [6.07, 6.45) is 2.61. The van der Waals surface area contributed by atoms with Gasteiger partial charge in [-0.05, 0) is 43.0 Å². The van der Waals surface area contributed by atoms with Crippen LogP contribution in [0.3, 0.4) is 0 Å². The van der Waals surface area contributed by atoms with Gasteiger partial charge in [0.2, 0.25) is 0 Å². The van der Waals surface area contributed by atoms with Crippen LogP contribution < -0.4 is 5.32 Å². The number of rotatable bonds is 8. The quantitative estimate of drug-likeness (QED) is 0.744. The van der Waals surface area contributed by atoms with E-state index >= 15 is 0 Å². The minimum atomic E-state index is -3.10. The molecule has 0 aliphatic heterocycles. The Morgan fingerprint density at radius 2 is 1.95 bits per heavy atom. The molecule has 0 saturated heterocycles. The van der Waals surface area contributed by atoms with Gasteiger partial charge in [0.1, 0.15) is 0 Å². The van der Waals surface area contributed by atoms with Gasteiger partial charge in [-0.25, -0.2) is 8.42 Å². The smallest absolute Gasteiger partial charge is 0.178 e. The van der Waals surface area contributed by atoms with Crippen LogP contribution in [0.1, 0.15) is 19.8 Å². The van der Waals surface area contributed by atoms with Gasteiger partial charge < -0.3 is 10.1 Å². The van der Waals surface area contributed by atoms with Crippen molar-refractivity contribution in [3.63, 3.8) is 0 Å². The number of ether oxygens (including phenoxy) is 1. The molecule has 1 aliphatic carbocycles. The van der Waals surface area contributed by atoms with E-state index in [2.05, 4.69) is 5.32 Å². The number of anilines is 1. The lowest BCUT2D eigenvalue weighted by molar-refractivity contribution is 0.134. The van der Waals surface area contributed by atoms with E-state index in [0.717, 1.165) is 24.8 Å². The van der Waals surface area contributed by atoms with E-state index in [-0.39, 0.29) is 5.75 Å². The summed E-state index contributed by atoms with van der Waals surface area (Å²) in [5, 5.41) is 3.22. The fourth-order valence-corrected chi connectivity index (χ4v) is 2.63. The van der Waals surface area contributed by atoms with Crippen molar-refractivity contribution in [1.82, 2.24) is 0 Å². The fraction of sp³-hybridized carbons (Fsp3) is 0.571. The lowest BCUT2D eigenvalue weighted by atomic mass is 10.3. The van der Waals surface area contributed by atoms with Crippen LogP contribution in [0.2, 0.25) is 0 Å². The van der Waals surface area contributed by atoms with Crippen LogP contribution in [-0.2, 0) is 14.6 Å². The maximum Gasteiger partial charge on any atom is 0.178 e. The number of hydrogen-bond donors (Lipinski definition) is 1. The van der Waals surface area contributed by atoms with E-state index in [1.54, 1.807) is 31.2 Å². The van der Waals surface area contributed by atoms with E-state index in [4.69, 9.17) is 4.74 Å². The van der Waals surface area contributed by atoms with Gasteiger partial charge in [0.25, 0.3) is 0 Å². The molecular formula is C14H21NO3S. The molecule has 19 heavy (non-hydrogen) atoms. The second-order valence-corrected chi connectivity index (χ2v) is 7.15. The van der Waals surface area contributed by atoms with Crippen LogP contribution in [0.5, 0.6) is 0 Å². The summed E-state index contributed by atoms with van der Waals surface area (Å²) in [7, 11) is -3.10. The van der Waals surface area contributed by atoms with E-state index in [1.165, 1.54) is 12.8 Å².